The first-order chi connectivity index (χ1) is 16.1. The number of nitrogens with one attached hydrogen (secondary N) is 2. The third-order valence-corrected chi connectivity index (χ3v) is 6.70. The molecular formula is C27H31N5O. The number of anilines is 1. The van der Waals surface area contributed by atoms with Crippen molar-refractivity contribution >= 4 is 22.5 Å². The zero-order valence-electron chi connectivity index (χ0n) is 19.3. The smallest absolute Gasteiger partial charge is 0.227 e. The Morgan fingerprint density at radius 1 is 1.12 bits per heavy atom. The number of para-hydroxylation sites is 1. The van der Waals surface area contributed by atoms with E-state index in [2.05, 4.69) is 64.6 Å². The third kappa shape index (κ3) is 4.71. The Labute approximate surface area is 194 Å². The van der Waals surface area contributed by atoms with Gasteiger partial charge in [0.2, 0.25) is 5.91 Å². The maximum absolute atomic E-state index is 13.0. The topological polar surface area (TPSA) is 66.0 Å². The lowest BCUT2D eigenvalue weighted by molar-refractivity contribution is -0.121. The van der Waals surface area contributed by atoms with E-state index in [0.29, 0.717) is 0 Å². The van der Waals surface area contributed by atoms with Crippen molar-refractivity contribution in [3.63, 3.8) is 0 Å². The Morgan fingerprint density at radius 3 is 2.70 bits per heavy atom. The van der Waals surface area contributed by atoms with Crippen molar-refractivity contribution in [3.05, 3.63) is 72.1 Å². The Kier molecular flexibility index (Phi) is 6.01. The molecule has 170 valence electrons. The normalized spacial score (nSPS) is 15.2. The minimum Gasteiger partial charge on any atom is -0.355 e. The van der Waals surface area contributed by atoms with E-state index >= 15 is 0 Å². The molecule has 2 N–H and O–H groups in total. The maximum atomic E-state index is 13.0. The summed E-state index contributed by atoms with van der Waals surface area (Å²) < 4.78 is 1.99. The number of carbonyl (C=O) groups excluding carboxylic acids is 1. The molecule has 2 aromatic carbocycles. The quantitative estimate of drug-likeness (QED) is 0.432. The van der Waals surface area contributed by atoms with Crippen LogP contribution in [0.15, 0.2) is 60.8 Å². The first-order valence-electron chi connectivity index (χ1n) is 11.8. The molecule has 1 aliphatic rings. The fourth-order valence-corrected chi connectivity index (χ4v) is 4.71. The van der Waals surface area contributed by atoms with E-state index in [1.165, 1.54) is 10.9 Å². The third-order valence-electron chi connectivity index (χ3n) is 6.70. The van der Waals surface area contributed by atoms with E-state index in [-0.39, 0.29) is 11.8 Å². The largest absolute Gasteiger partial charge is 0.355 e. The van der Waals surface area contributed by atoms with Gasteiger partial charge in [0.05, 0.1) is 5.69 Å². The van der Waals surface area contributed by atoms with Gasteiger partial charge in [-0.25, -0.2) is 0 Å². The van der Waals surface area contributed by atoms with Crippen molar-refractivity contribution in [3.8, 4) is 11.3 Å². The molecule has 0 bridgehead atoms. The van der Waals surface area contributed by atoms with Crippen LogP contribution in [0.5, 0.6) is 0 Å². The highest BCUT2D eigenvalue weighted by Gasteiger charge is 2.25. The number of aromatic amines is 1. The fraction of sp³-hybridized carbons (Fsp3) is 0.333. The van der Waals surface area contributed by atoms with E-state index < -0.39 is 0 Å². The van der Waals surface area contributed by atoms with E-state index in [1.807, 2.05) is 35.0 Å². The molecule has 1 saturated heterocycles. The van der Waals surface area contributed by atoms with Gasteiger partial charge < -0.3 is 10.3 Å². The van der Waals surface area contributed by atoms with E-state index in [1.54, 1.807) is 0 Å². The summed E-state index contributed by atoms with van der Waals surface area (Å²) in [6.45, 7) is 7.85. The molecule has 0 atom stereocenters. The van der Waals surface area contributed by atoms with Crippen LogP contribution in [0.25, 0.3) is 22.2 Å². The molecule has 0 aliphatic carbocycles. The number of amides is 1. The molecule has 6 nitrogen and oxygen atoms in total. The molecular weight excluding hydrogens is 410 g/mol. The Morgan fingerprint density at radius 2 is 1.94 bits per heavy atom. The molecule has 0 spiro atoms. The molecule has 6 heteroatoms. The average Bonchev–Trinajstić information content (AvgIpc) is 3.43. The summed E-state index contributed by atoms with van der Waals surface area (Å²) >= 11 is 0. The number of fused-ring (bicyclic) bond motifs is 1. The van der Waals surface area contributed by atoms with Crippen LogP contribution in [0.3, 0.4) is 0 Å². The van der Waals surface area contributed by atoms with Crippen LogP contribution in [0.2, 0.25) is 0 Å². The first-order valence-corrected chi connectivity index (χ1v) is 11.8. The second-order valence-corrected chi connectivity index (χ2v) is 8.99. The van der Waals surface area contributed by atoms with Crippen LogP contribution in [-0.4, -0.2) is 38.7 Å². The molecule has 33 heavy (non-hydrogen) atoms. The highest BCUT2D eigenvalue weighted by atomic mass is 16.1. The monoisotopic (exact) mass is 441 g/mol. The number of carbonyl (C=O) groups is 1. The van der Waals surface area contributed by atoms with E-state index in [9.17, 15) is 4.79 Å². The van der Waals surface area contributed by atoms with Crippen molar-refractivity contribution in [2.24, 2.45) is 5.92 Å². The molecule has 1 amide bonds. The average molecular weight is 442 g/mol. The number of aryl methyl sites for hydroxylation is 2. The number of hydrogen-bond acceptors (Lipinski definition) is 3. The van der Waals surface area contributed by atoms with Crippen molar-refractivity contribution < 1.29 is 4.79 Å². The SMILES string of the molecule is CCn1cc(CN2CCC(C(=O)Nc3cccc(-c4cc5ccccc5[nH]4)c3)CC2)c(C)n1. The van der Waals surface area contributed by atoms with Crippen molar-refractivity contribution in [2.75, 3.05) is 18.4 Å². The van der Waals surface area contributed by atoms with Crippen molar-refractivity contribution in [2.45, 2.75) is 39.8 Å². The Bertz CT molecular complexity index is 1230. The van der Waals surface area contributed by atoms with E-state index in [0.717, 1.165) is 67.2 Å². The molecule has 5 rings (SSSR count). The molecule has 0 radical (unpaired) electrons. The molecule has 3 heterocycles. The fourth-order valence-electron chi connectivity index (χ4n) is 4.71. The maximum Gasteiger partial charge on any atom is 0.227 e. The number of rotatable bonds is 6. The zero-order valence-corrected chi connectivity index (χ0v) is 19.3. The molecule has 0 saturated carbocycles. The van der Waals surface area contributed by atoms with Gasteiger partial charge in [0.15, 0.2) is 0 Å². The summed E-state index contributed by atoms with van der Waals surface area (Å²) in [5, 5.41) is 8.89. The molecule has 2 aromatic heterocycles. The summed E-state index contributed by atoms with van der Waals surface area (Å²) in [6.07, 6.45) is 3.91. The summed E-state index contributed by atoms with van der Waals surface area (Å²) in [4.78, 5) is 18.9. The second kappa shape index (κ2) is 9.24. The molecule has 1 aliphatic heterocycles. The predicted molar refractivity (Wildman–Crippen MR) is 133 cm³/mol. The Balaban J connectivity index is 1.19. The summed E-state index contributed by atoms with van der Waals surface area (Å²) in [6, 6.07) is 18.5. The van der Waals surface area contributed by atoms with Gasteiger partial charge >= 0.3 is 0 Å². The van der Waals surface area contributed by atoms with Crippen molar-refractivity contribution in [1.29, 1.82) is 0 Å². The molecule has 0 unspecified atom stereocenters. The number of aromatic nitrogens is 3. The zero-order chi connectivity index (χ0) is 22.8. The number of H-pyrrole nitrogens is 1. The van der Waals surface area contributed by atoms with Gasteiger partial charge in [-0.1, -0.05) is 30.3 Å². The molecule has 1 fully saturated rings. The van der Waals surface area contributed by atoms with Crippen LogP contribution in [0, 0.1) is 12.8 Å². The lowest BCUT2D eigenvalue weighted by atomic mass is 9.95. The number of likely N-dealkylation sites (tertiary alicyclic amines) is 1. The standard InChI is InChI=1S/C27H31N5O/c1-3-32-18-23(19(2)30-32)17-31-13-11-20(12-14-31)27(33)28-24-9-6-8-21(15-24)26-16-22-7-4-5-10-25(22)29-26/h4-10,15-16,18,20,29H,3,11-14,17H2,1-2H3,(H,28,33). The van der Waals surface area contributed by atoms with Crippen LogP contribution in [-0.2, 0) is 17.9 Å². The number of benzene rings is 2. The van der Waals surface area contributed by atoms with Gasteiger partial charge in [0.25, 0.3) is 0 Å². The van der Waals surface area contributed by atoms with Gasteiger partial charge in [0.1, 0.15) is 0 Å². The predicted octanol–water partition coefficient (Wildman–Crippen LogP) is 5.21. The Hall–Kier alpha value is -3.38. The second-order valence-electron chi connectivity index (χ2n) is 8.99. The van der Waals surface area contributed by atoms with E-state index in [4.69, 9.17) is 0 Å². The highest BCUT2D eigenvalue weighted by molar-refractivity contribution is 5.93. The van der Waals surface area contributed by atoms with Crippen LogP contribution >= 0.6 is 0 Å². The lowest BCUT2D eigenvalue weighted by Crippen LogP contribution is -2.37. The van der Waals surface area contributed by atoms with Gasteiger partial charge in [-0.2, -0.15) is 5.10 Å². The first kappa shape index (κ1) is 21.5. The van der Waals surface area contributed by atoms with Gasteiger partial charge in [-0.05, 0) is 64.0 Å². The van der Waals surface area contributed by atoms with Crippen molar-refractivity contribution in [1.82, 2.24) is 19.7 Å². The van der Waals surface area contributed by atoms with Gasteiger partial charge in [0, 0.05) is 58.6 Å². The summed E-state index contributed by atoms with van der Waals surface area (Å²) in [7, 11) is 0. The minimum absolute atomic E-state index is 0.0532. The van der Waals surface area contributed by atoms with Crippen LogP contribution in [0.1, 0.15) is 31.0 Å². The van der Waals surface area contributed by atoms with Gasteiger partial charge in [-0.3, -0.25) is 14.4 Å². The van der Waals surface area contributed by atoms with Crippen LogP contribution < -0.4 is 5.32 Å². The highest BCUT2D eigenvalue weighted by Crippen LogP contribution is 2.27. The van der Waals surface area contributed by atoms with Gasteiger partial charge in [-0.15, -0.1) is 0 Å². The lowest BCUT2D eigenvalue weighted by Gasteiger charge is -2.31. The van der Waals surface area contributed by atoms with Crippen LogP contribution in [0.4, 0.5) is 5.69 Å². The number of nitrogens with zero attached hydrogens (tertiary/aromatic N) is 3. The summed E-state index contributed by atoms with van der Waals surface area (Å²) in [5.74, 6) is 0.177. The number of hydrogen-bond donors (Lipinski definition) is 2. The molecule has 4 aromatic rings. The minimum atomic E-state index is 0.0532. The summed E-state index contributed by atoms with van der Waals surface area (Å²) in [5.41, 5.74) is 6.48. The number of piperidine rings is 1.